The van der Waals surface area contributed by atoms with Crippen LogP contribution in [-0.2, 0) is 17.6 Å². The van der Waals surface area contributed by atoms with Gasteiger partial charge in [-0.05, 0) is 80.1 Å². The summed E-state index contributed by atoms with van der Waals surface area (Å²) in [4.78, 5) is 10.9. The molecule has 0 bridgehead atoms. The topological polar surface area (TPSA) is 79.9 Å². The Hall–Kier alpha value is -1.99. The minimum Gasteiger partial charge on any atom is -0.508 e. The molecule has 0 radical (unpaired) electrons. The Morgan fingerprint density at radius 2 is 1.96 bits per heavy atom. The zero-order chi connectivity index (χ0) is 19.7. The first kappa shape index (κ1) is 19.8. The maximum absolute atomic E-state index is 10.9. The first-order chi connectivity index (χ1) is 12.7. The number of hydrogen-bond acceptors (Lipinski definition) is 4. The second-order valence-electron chi connectivity index (χ2n) is 6.69. The van der Waals surface area contributed by atoms with E-state index in [0.717, 1.165) is 17.4 Å². The van der Waals surface area contributed by atoms with Crippen LogP contribution in [0.5, 0.6) is 17.2 Å². The predicted octanol–water partition coefficient (Wildman–Crippen LogP) is 6.28. The fraction of sp³-hybridized carbons (Fsp3) is 0.250. The number of carbonyl (C=O) groups is 1. The molecule has 0 atom stereocenters. The van der Waals surface area contributed by atoms with Crippen LogP contribution in [-0.4, -0.2) is 16.2 Å². The maximum atomic E-state index is 10.9. The Labute approximate surface area is 173 Å². The van der Waals surface area contributed by atoms with Gasteiger partial charge in [0, 0.05) is 5.39 Å². The first-order valence-corrected chi connectivity index (χ1v) is 9.95. The van der Waals surface area contributed by atoms with Crippen molar-refractivity contribution in [1.29, 1.82) is 0 Å². The van der Waals surface area contributed by atoms with Gasteiger partial charge in [0.2, 0.25) is 0 Å². The summed E-state index contributed by atoms with van der Waals surface area (Å²) in [7, 11) is 0. The summed E-state index contributed by atoms with van der Waals surface area (Å²) in [6.45, 7) is 4.17. The number of hydrogen-bond donors (Lipinski definition) is 2. The lowest BCUT2D eigenvalue weighted by molar-refractivity contribution is -0.136. The van der Waals surface area contributed by atoms with Crippen molar-refractivity contribution >= 4 is 48.8 Å². The highest BCUT2D eigenvalue weighted by Gasteiger charge is 2.18. The van der Waals surface area contributed by atoms with Crippen molar-refractivity contribution in [2.24, 2.45) is 5.92 Å². The molecule has 2 aromatic carbocycles. The number of phenols is 1. The Morgan fingerprint density at radius 3 is 2.63 bits per heavy atom. The molecule has 0 fully saturated rings. The lowest BCUT2D eigenvalue weighted by Gasteiger charge is -2.13. The van der Waals surface area contributed by atoms with Gasteiger partial charge >= 0.3 is 5.97 Å². The van der Waals surface area contributed by atoms with Gasteiger partial charge in [0.15, 0.2) is 5.75 Å². The van der Waals surface area contributed by atoms with Crippen LogP contribution >= 0.6 is 31.9 Å². The van der Waals surface area contributed by atoms with Gasteiger partial charge in [0.1, 0.15) is 29.3 Å². The molecule has 142 valence electrons. The van der Waals surface area contributed by atoms with Gasteiger partial charge in [-0.2, -0.15) is 0 Å². The number of phenolic OH excluding ortho intramolecular Hbond substituents is 1. The van der Waals surface area contributed by atoms with Crippen LogP contribution in [0.25, 0.3) is 11.0 Å². The number of aliphatic carboxylic acids is 1. The van der Waals surface area contributed by atoms with Crippen molar-refractivity contribution in [3.05, 3.63) is 50.6 Å². The van der Waals surface area contributed by atoms with Crippen LogP contribution in [0.15, 0.2) is 43.7 Å². The normalized spacial score (nSPS) is 11.3. The summed E-state index contributed by atoms with van der Waals surface area (Å²) in [5.74, 6) is 1.20. The van der Waals surface area contributed by atoms with E-state index in [0.29, 0.717) is 37.7 Å². The lowest BCUT2D eigenvalue weighted by atomic mass is 10.0. The predicted molar refractivity (Wildman–Crippen MR) is 110 cm³/mol. The number of fused-ring (bicyclic) bond motifs is 1. The fourth-order valence-corrected chi connectivity index (χ4v) is 4.18. The van der Waals surface area contributed by atoms with Crippen LogP contribution in [0, 0.1) is 5.92 Å². The van der Waals surface area contributed by atoms with Gasteiger partial charge in [-0.25, -0.2) is 0 Å². The largest absolute Gasteiger partial charge is 0.508 e. The molecule has 0 aliphatic rings. The van der Waals surface area contributed by atoms with Crippen LogP contribution in [0.1, 0.15) is 25.2 Å². The van der Waals surface area contributed by atoms with Crippen molar-refractivity contribution < 1.29 is 24.2 Å². The number of furan rings is 1. The van der Waals surface area contributed by atoms with Crippen LogP contribution < -0.4 is 4.74 Å². The third kappa shape index (κ3) is 4.47. The number of carboxylic acids is 1. The molecule has 0 aliphatic heterocycles. The number of halogens is 2. The second-order valence-corrected chi connectivity index (χ2v) is 8.33. The van der Waals surface area contributed by atoms with E-state index in [4.69, 9.17) is 14.3 Å². The van der Waals surface area contributed by atoms with Crippen molar-refractivity contribution in [1.82, 2.24) is 0 Å². The Bertz CT molecular complexity index is 1010. The van der Waals surface area contributed by atoms with E-state index in [-0.39, 0.29) is 12.2 Å². The monoisotopic (exact) mass is 496 g/mol. The maximum Gasteiger partial charge on any atom is 0.311 e. The van der Waals surface area contributed by atoms with Gasteiger partial charge in [-0.3, -0.25) is 4.79 Å². The van der Waals surface area contributed by atoms with Gasteiger partial charge in [-0.15, -0.1) is 0 Å². The number of benzene rings is 2. The van der Waals surface area contributed by atoms with E-state index in [1.54, 1.807) is 24.3 Å². The lowest BCUT2D eigenvalue weighted by Crippen LogP contribution is -1.97. The highest BCUT2D eigenvalue weighted by atomic mass is 79.9. The number of aromatic hydroxyl groups is 1. The molecule has 0 unspecified atom stereocenters. The minimum atomic E-state index is -0.956. The highest BCUT2D eigenvalue weighted by Crippen LogP contribution is 2.43. The fourth-order valence-electron chi connectivity index (χ4n) is 2.82. The van der Waals surface area contributed by atoms with Crippen molar-refractivity contribution in [2.75, 3.05) is 0 Å². The van der Waals surface area contributed by atoms with E-state index < -0.39 is 5.97 Å². The van der Waals surface area contributed by atoms with Crippen molar-refractivity contribution in [3.63, 3.8) is 0 Å². The number of ether oxygens (including phenoxy) is 1. The smallest absolute Gasteiger partial charge is 0.311 e. The molecule has 3 rings (SSSR count). The van der Waals surface area contributed by atoms with Gasteiger partial charge in [-0.1, -0.05) is 13.8 Å². The molecule has 0 spiro atoms. The van der Waals surface area contributed by atoms with Crippen molar-refractivity contribution in [3.8, 4) is 17.2 Å². The standard InChI is InChI=1S/C20H18Br2O5/c1-10(2)5-11-6-12(3-4-16(11)23)27-20-15(21)9-17-14(19(20)22)7-13(26-17)8-18(24)25/h3-4,6-7,9-10,23H,5,8H2,1-2H3,(H,24,25). The molecule has 27 heavy (non-hydrogen) atoms. The van der Waals surface area contributed by atoms with Crippen LogP contribution in [0.4, 0.5) is 0 Å². The third-order valence-electron chi connectivity index (χ3n) is 3.95. The van der Waals surface area contributed by atoms with Gasteiger partial charge < -0.3 is 19.4 Å². The molecule has 0 aliphatic carbocycles. The van der Waals surface area contributed by atoms with E-state index in [2.05, 4.69) is 45.7 Å². The van der Waals surface area contributed by atoms with Gasteiger partial charge in [0.25, 0.3) is 0 Å². The summed E-state index contributed by atoms with van der Waals surface area (Å²) in [6, 6.07) is 8.58. The molecule has 0 saturated heterocycles. The zero-order valence-corrected chi connectivity index (χ0v) is 17.9. The Balaban J connectivity index is 1.98. The SMILES string of the molecule is CC(C)Cc1cc(Oc2c(Br)cc3oc(CC(=O)O)cc3c2Br)ccc1O. The van der Waals surface area contributed by atoms with Gasteiger partial charge in [0.05, 0.1) is 8.95 Å². The molecule has 0 amide bonds. The third-order valence-corrected chi connectivity index (χ3v) is 5.32. The summed E-state index contributed by atoms with van der Waals surface area (Å²) in [5, 5.41) is 19.7. The molecule has 1 aromatic heterocycles. The zero-order valence-electron chi connectivity index (χ0n) is 14.8. The first-order valence-electron chi connectivity index (χ1n) is 8.36. The Kier molecular flexibility index (Phi) is 5.81. The summed E-state index contributed by atoms with van der Waals surface area (Å²) < 4.78 is 13.0. The van der Waals surface area contributed by atoms with E-state index in [1.807, 2.05) is 6.07 Å². The number of carboxylic acid groups (broad SMARTS) is 1. The molecule has 7 heteroatoms. The van der Waals surface area contributed by atoms with Crippen LogP contribution in [0.2, 0.25) is 0 Å². The van der Waals surface area contributed by atoms with E-state index >= 15 is 0 Å². The van der Waals surface area contributed by atoms with E-state index in [9.17, 15) is 9.90 Å². The molecule has 5 nitrogen and oxygen atoms in total. The highest BCUT2D eigenvalue weighted by molar-refractivity contribution is 9.11. The molecule has 1 heterocycles. The minimum absolute atomic E-state index is 0.189. The van der Waals surface area contributed by atoms with Crippen LogP contribution in [0.3, 0.4) is 0 Å². The molecule has 2 N–H and O–H groups in total. The van der Waals surface area contributed by atoms with E-state index in [1.165, 1.54) is 0 Å². The average Bonchev–Trinajstić information content (AvgIpc) is 2.95. The molecular formula is C20H18Br2O5. The Morgan fingerprint density at radius 1 is 1.22 bits per heavy atom. The quantitative estimate of drug-likeness (QED) is 0.418. The summed E-state index contributed by atoms with van der Waals surface area (Å²) in [6.07, 6.45) is 0.552. The summed E-state index contributed by atoms with van der Waals surface area (Å²) >= 11 is 7.01. The second kappa shape index (κ2) is 7.94. The molecule has 0 saturated carbocycles. The summed E-state index contributed by atoms with van der Waals surface area (Å²) in [5.41, 5.74) is 1.38. The average molecular weight is 498 g/mol. The number of rotatable bonds is 6. The molecule has 3 aromatic rings. The molecular weight excluding hydrogens is 480 g/mol. The van der Waals surface area contributed by atoms with Crippen molar-refractivity contribution in [2.45, 2.75) is 26.7 Å².